The SMILES string of the molecule is CCOC(=O)N1CCN(C(=O)c2ccc(-c3ccc(F)cn3)cc2)CC1. The zero-order valence-corrected chi connectivity index (χ0v) is 14.5. The molecule has 1 aliphatic heterocycles. The van der Waals surface area contributed by atoms with E-state index in [4.69, 9.17) is 4.74 Å². The molecule has 0 aliphatic carbocycles. The van der Waals surface area contributed by atoms with E-state index in [0.29, 0.717) is 44.0 Å². The number of carbonyl (C=O) groups is 2. The van der Waals surface area contributed by atoms with E-state index in [-0.39, 0.29) is 17.8 Å². The molecule has 0 spiro atoms. The molecular weight excluding hydrogens is 337 g/mol. The van der Waals surface area contributed by atoms with Gasteiger partial charge < -0.3 is 14.5 Å². The molecule has 2 heterocycles. The van der Waals surface area contributed by atoms with Crippen molar-refractivity contribution >= 4 is 12.0 Å². The van der Waals surface area contributed by atoms with Crippen LogP contribution < -0.4 is 0 Å². The van der Waals surface area contributed by atoms with Crippen LogP contribution in [0.1, 0.15) is 17.3 Å². The first-order chi connectivity index (χ1) is 12.6. The number of aromatic nitrogens is 1. The van der Waals surface area contributed by atoms with Crippen molar-refractivity contribution in [1.29, 1.82) is 0 Å². The lowest BCUT2D eigenvalue weighted by molar-refractivity contribution is 0.0570. The zero-order valence-electron chi connectivity index (χ0n) is 14.5. The van der Waals surface area contributed by atoms with Crippen molar-refractivity contribution in [3.8, 4) is 11.3 Å². The topological polar surface area (TPSA) is 62.7 Å². The number of benzene rings is 1. The maximum atomic E-state index is 13.0. The summed E-state index contributed by atoms with van der Waals surface area (Å²) in [5, 5.41) is 0. The Morgan fingerprint density at radius 3 is 2.27 bits per heavy atom. The van der Waals surface area contributed by atoms with E-state index in [1.807, 2.05) is 0 Å². The Kier molecular flexibility index (Phi) is 5.46. The van der Waals surface area contributed by atoms with Gasteiger partial charge in [-0.05, 0) is 31.2 Å². The largest absolute Gasteiger partial charge is 0.450 e. The van der Waals surface area contributed by atoms with Crippen LogP contribution >= 0.6 is 0 Å². The first-order valence-corrected chi connectivity index (χ1v) is 8.51. The molecule has 2 amide bonds. The smallest absolute Gasteiger partial charge is 0.409 e. The van der Waals surface area contributed by atoms with Crippen molar-refractivity contribution in [2.75, 3.05) is 32.8 Å². The summed E-state index contributed by atoms with van der Waals surface area (Å²) in [7, 11) is 0. The molecule has 0 radical (unpaired) electrons. The lowest BCUT2D eigenvalue weighted by Gasteiger charge is -2.34. The zero-order chi connectivity index (χ0) is 18.5. The highest BCUT2D eigenvalue weighted by molar-refractivity contribution is 5.94. The Bertz CT molecular complexity index is 770. The summed E-state index contributed by atoms with van der Waals surface area (Å²) in [6.07, 6.45) is 0.827. The summed E-state index contributed by atoms with van der Waals surface area (Å²) in [4.78, 5) is 31.7. The van der Waals surface area contributed by atoms with Gasteiger partial charge in [0.25, 0.3) is 5.91 Å². The minimum Gasteiger partial charge on any atom is -0.450 e. The Hall–Kier alpha value is -2.96. The van der Waals surface area contributed by atoms with Crippen LogP contribution in [0, 0.1) is 5.82 Å². The number of pyridine rings is 1. The molecule has 0 atom stereocenters. The molecule has 1 aromatic carbocycles. The van der Waals surface area contributed by atoms with Gasteiger partial charge in [0.15, 0.2) is 0 Å². The summed E-state index contributed by atoms with van der Waals surface area (Å²) in [6, 6.07) is 10.0. The van der Waals surface area contributed by atoms with Gasteiger partial charge >= 0.3 is 6.09 Å². The number of piperazine rings is 1. The molecule has 0 N–H and O–H groups in total. The fourth-order valence-electron chi connectivity index (χ4n) is 2.82. The quantitative estimate of drug-likeness (QED) is 0.847. The van der Waals surface area contributed by atoms with Crippen LogP contribution in [-0.2, 0) is 4.74 Å². The molecule has 1 fully saturated rings. The Labute approximate surface area is 151 Å². The molecule has 0 bridgehead atoms. The number of carbonyl (C=O) groups excluding carboxylic acids is 2. The van der Waals surface area contributed by atoms with Gasteiger partial charge in [-0.2, -0.15) is 0 Å². The van der Waals surface area contributed by atoms with Crippen LogP contribution in [0.4, 0.5) is 9.18 Å². The molecule has 1 aromatic heterocycles. The molecule has 0 saturated carbocycles. The van der Waals surface area contributed by atoms with Gasteiger partial charge in [-0.25, -0.2) is 9.18 Å². The summed E-state index contributed by atoms with van der Waals surface area (Å²) < 4.78 is 17.9. The normalized spacial score (nSPS) is 14.2. The molecule has 3 rings (SSSR count). The summed E-state index contributed by atoms with van der Waals surface area (Å²) in [5.41, 5.74) is 2.03. The summed E-state index contributed by atoms with van der Waals surface area (Å²) in [5.74, 6) is -0.463. The Balaban J connectivity index is 1.62. The van der Waals surface area contributed by atoms with Gasteiger partial charge in [-0.15, -0.1) is 0 Å². The van der Waals surface area contributed by atoms with Crippen LogP contribution in [0.25, 0.3) is 11.3 Å². The highest BCUT2D eigenvalue weighted by atomic mass is 19.1. The molecule has 2 aromatic rings. The van der Waals surface area contributed by atoms with E-state index in [0.717, 1.165) is 11.8 Å². The average Bonchev–Trinajstić information content (AvgIpc) is 2.68. The lowest BCUT2D eigenvalue weighted by Crippen LogP contribution is -2.50. The van der Waals surface area contributed by atoms with Gasteiger partial charge in [0.1, 0.15) is 5.82 Å². The third kappa shape index (κ3) is 3.99. The molecule has 6 nitrogen and oxygen atoms in total. The Morgan fingerprint density at radius 1 is 1.04 bits per heavy atom. The summed E-state index contributed by atoms with van der Waals surface area (Å²) >= 11 is 0. The minimum atomic E-state index is -0.387. The van der Waals surface area contributed by atoms with E-state index >= 15 is 0 Å². The first kappa shape index (κ1) is 17.8. The number of amides is 2. The fraction of sp³-hybridized carbons (Fsp3) is 0.316. The monoisotopic (exact) mass is 357 g/mol. The first-order valence-electron chi connectivity index (χ1n) is 8.51. The molecule has 26 heavy (non-hydrogen) atoms. The van der Waals surface area contributed by atoms with E-state index in [1.165, 1.54) is 6.07 Å². The second-order valence-electron chi connectivity index (χ2n) is 5.92. The second kappa shape index (κ2) is 7.95. The predicted molar refractivity (Wildman–Crippen MR) is 94.1 cm³/mol. The number of hydrogen-bond acceptors (Lipinski definition) is 4. The third-order valence-corrected chi connectivity index (χ3v) is 4.25. The van der Waals surface area contributed by atoms with Crippen LogP contribution in [-0.4, -0.2) is 59.6 Å². The number of rotatable bonds is 3. The predicted octanol–water partition coefficient (Wildman–Crippen LogP) is 2.80. The standard InChI is InChI=1S/C19H20FN3O3/c1-2-26-19(25)23-11-9-22(10-12-23)18(24)15-5-3-14(4-6-15)17-8-7-16(20)13-21-17/h3-8,13H,2,9-12H2,1H3. The average molecular weight is 357 g/mol. The molecular formula is C19H20FN3O3. The van der Waals surface area contributed by atoms with Crippen LogP contribution in [0.15, 0.2) is 42.6 Å². The van der Waals surface area contributed by atoms with Crippen LogP contribution in [0.5, 0.6) is 0 Å². The second-order valence-corrected chi connectivity index (χ2v) is 5.92. The van der Waals surface area contributed by atoms with Crippen molar-refractivity contribution in [2.45, 2.75) is 6.92 Å². The van der Waals surface area contributed by atoms with E-state index in [9.17, 15) is 14.0 Å². The van der Waals surface area contributed by atoms with E-state index < -0.39 is 0 Å². The molecule has 1 saturated heterocycles. The Morgan fingerprint density at radius 2 is 1.69 bits per heavy atom. The minimum absolute atomic E-state index is 0.0767. The van der Waals surface area contributed by atoms with E-state index in [1.54, 1.807) is 47.1 Å². The molecule has 0 unspecified atom stereocenters. The third-order valence-electron chi connectivity index (χ3n) is 4.25. The number of nitrogens with zero attached hydrogens (tertiary/aromatic N) is 3. The highest BCUT2D eigenvalue weighted by Crippen LogP contribution is 2.19. The maximum absolute atomic E-state index is 13.0. The van der Waals surface area contributed by atoms with Crippen molar-refractivity contribution in [2.24, 2.45) is 0 Å². The van der Waals surface area contributed by atoms with Gasteiger partial charge in [0.2, 0.25) is 0 Å². The fourth-order valence-corrected chi connectivity index (χ4v) is 2.82. The van der Waals surface area contributed by atoms with E-state index in [2.05, 4.69) is 4.98 Å². The van der Waals surface area contributed by atoms with Gasteiger partial charge in [-0.1, -0.05) is 12.1 Å². The van der Waals surface area contributed by atoms with Gasteiger partial charge in [0.05, 0.1) is 18.5 Å². The lowest BCUT2D eigenvalue weighted by atomic mass is 10.1. The molecule has 7 heteroatoms. The summed E-state index contributed by atoms with van der Waals surface area (Å²) in [6.45, 7) is 3.97. The van der Waals surface area contributed by atoms with Crippen molar-refractivity contribution in [3.05, 3.63) is 54.0 Å². The van der Waals surface area contributed by atoms with Gasteiger partial charge in [0, 0.05) is 37.3 Å². The maximum Gasteiger partial charge on any atom is 0.409 e. The van der Waals surface area contributed by atoms with Gasteiger partial charge in [-0.3, -0.25) is 9.78 Å². The number of hydrogen-bond donors (Lipinski definition) is 0. The van der Waals surface area contributed by atoms with Crippen molar-refractivity contribution in [1.82, 2.24) is 14.8 Å². The van der Waals surface area contributed by atoms with Crippen molar-refractivity contribution in [3.63, 3.8) is 0 Å². The van der Waals surface area contributed by atoms with Crippen molar-refractivity contribution < 1.29 is 18.7 Å². The number of ether oxygens (including phenoxy) is 1. The highest BCUT2D eigenvalue weighted by Gasteiger charge is 2.25. The van der Waals surface area contributed by atoms with Crippen LogP contribution in [0.2, 0.25) is 0 Å². The molecule has 136 valence electrons. The van der Waals surface area contributed by atoms with Crippen LogP contribution in [0.3, 0.4) is 0 Å². The number of halogens is 1. The molecule has 1 aliphatic rings.